The molecule has 2 aliphatic heterocycles. The van der Waals surface area contributed by atoms with Gasteiger partial charge in [-0.25, -0.2) is 0 Å². The van der Waals surface area contributed by atoms with Crippen molar-refractivity contribution < 1.29 is 9.47 Å². The van der Waals surface area contributed by atoms with Gasteiger partial charge in [-0.2, -0.15) is 0 Å². The number of nitrogens with zero attached hydrogens (tertiary/aromatic N) is 2. The number of halogens is 1. The van der Waals surface area contributed by atoms with Crippen molar-refractivity contribution in [1.29, 1.82) is 0 Å². The SMILES string of the molecule is CCN=C(NC1CCN(CCOC)CC1)NC1C2CCOC2C12CCC2.I. The molecule has 7 heteroatoms. The number of nitrogens with one attached hydrogen (secondary N) is 2. The van der Waals surface area contributed by atoms with Crippen LogP contribution in [0.2, 0.25) is 0 Å². The van der Waals surface area contributed by atoms with Crippen LogP contribution in [0.25, 0.3) is 0 Å². The van der Waals surface area contributed by atoms with Crippen molar-refractivity contribution >= 4 is 29.9 Å². The summed E-state index contributed by atoms with van der Waals surface area (Å²) in [5.74, 6) is 1.72. The summed E-state index contributed by atoms with van der Waals surface area (Å²) in [4.78, 5) is 7.27. The van der Waals surface area contributed by atoms with Crippen LogP contribution in [0.4, 0.5) is 0 Å². The summed E-state index contributed by atoms with van der Waals surface area (Å²) < 4.78 is 11.3. The third kappa shape index (κ3) is 4.26. The lowest BCUT2D eigenvalue weighted by Gasteiger charge is -2.63. The van der Waals surface area contributed by atoms with Gasteiger partial charge in [0.05, 0.1) is 12.7 Å². The molecule has 1 spiro atoms. The molecule has 0 aromatic heterocycles. The number of hydrogen-bond acceptors (Lipinski definition) is 4. The lowest BCUT2D eigenvalue weighted by molar-refractivity contribution is -0.171. The normalized spacial score (nSPS) is 33.0. The Bertz CT molecular complexity index is 506. The van der Waals surface area contributed by atoms with Gasteiger partial charge in [-0.3, -0.25) is 4.99 Å². The van der Waals surface area contributed by atoms with Gasteiger partial charge in [0.1, 0.15) is 0 Å². The second kappa shape index (κ2) is 9.59. The second-order valence-electron chi connectivity index (χ2n) is 8.53. The highest BCUT2D eigenvalue weighted by atomic mass is 127. The average molecular weight is 492 g/mol. The van der Waals surface area contributed by atoms with E-state index in [1.807, 2.05) is 0 Å². The molecule has 2 heterocycles. The highest BCUT2D eigenvalue weighted by Gasteiger charge is 2.66. The van der Waals surface area contributed by atoms with Crippen LogP contribution >= 0.6 is 24.0 Å². The van der Waals surface area contributed by atoms with E-state index < -0.39 is 0 Å². The van der Waals surface area contributed by atoms with E-state index in [1.165, 1.54) is 38.5 Å². The molecule has 3 atom stereocenters. The Morgan fingerprint density at radius 1 is 1.22 bits per heavy atom. The highest BCUT2D eigenvalue weighted by molar-refractivity contribution is 14.0. The van der Waals surface area contributed by atoms with Crippen LogP contribution in [0, 0.1) is 11.3 Å². The summed E-state index contributed by atoms with van der Waals surface area (Å²) in [5.41, 5.74) is 0.404. The van der Waals surface area contributed by atoms with E-state index in [-0.39, 0.29) is 24.0 Å². The smallest absolute Gasteiger partial charge is 0.191 e. The summed E-state index contributed by atoms with van der Waals surface area (Å²) in [5, 5.41) is 7.58. The number of aliphatic imine (C=N–C) groups is 1. The van der Waals surface area contributed by atoms with Crippen molar-refractivity contribution in [3.63, 3.8) is 0 Å². The first kappa shape index (κ1) is 21.6. The van der Waals surface area contributed by atoms with Crippen molar-refractivity contribution in [3.8, 4) is 0 Å². The van der Waals surface area contributed by atoms with Crippen molar-refractivity contribution in [2.24, 2.45) is 16.3 Å². The largest absolute Gasteiger partial charge is 0.383 e. The number of guanidine groups is 1. The standard InChI is InChI=1S/C20H36N4O2.HI/c1-3-21-19(22-15-5-10-24(11-6-15)12-14-25-2)23-17-16-7-13-26-18(16)20(17)8-4-9-20;/h15-18H,3-14H2,1-2H3,(H2,21,22,23);1H. The fraction of sp³-hybridized carbons (Fsp3) is 0.950. The van der Waals surface area contributed by atoms with Gasteiger partial charge in [0, 0.05) is 63.3 Å². The molecule has 2 saturated carbocycles. The Kier molecular flexibility index (Phi) is 7.66. The maximum absolute atomic E-state index is 6.06. The van der Waals surface area contributed by atoms with Gasteiger partial charge in [0.2, 0.25) is 0 Å². The van der Waals surface area contributed by atoms with Crippen LogP contribution in [0.1, 0.15) is 45.4 Å². The molecule has 0 bridgehead atoms. The zero-order valence-electron chi connectivity index (χ0n) is 16.9. The van der Waals surface area contributed by atoms with Crippen LogP contribution in [0.3, 0.4) is 0 Å². The number of hydrogen-bond donors (Lipinski definition) is 2. The highest BCUT2D eigenvalue weighted by Crippen LogP contribution is 2.62. The number of piperidine rings is 1. The maximum atomic E-state index is 6.06. The minimum atomic E-state index is 0. The van der Waals surface area contributed by atoms with E-state index in [2.05, 4.69) is 22.5 Å². The third-order valence-electron chi connectivity index (χ3n) is 7.18. The Balaban J connectivity index is 0.00000210. The molecule has 2 N–H and O–H groups in total. The topological polar surface area (TPSA) is 58.1 Å². The van der Waals surface area contributed by atoms with Crippen LogP contribution < -0.4 is 10.6 Å². The lowest BCUT2D eigenvalue weighted by atomic mass is 9.46. The summed E-state index contributed by atoms with van der Waals surface area (Å²) in [6, 6.07) is 1.09. The predicted molar refractivity (Wildman–Crippen MR) is 119 cm³/mol. The van der Waals surface area contributed by atoms with E-state index in [4.69, 9.17) is 14.5 Å². The van der Waals surface area contributed by atoms with Gasteiger partial charge in [-0.15, -0.1) is 24.0 Å². The number of rotatable bonds is 6. The van der Waals surface area contributed by atoms with Gasteiger partial charge in [-0.1, -0.05) is 6.42 Å². The predicted octanol–water partition coefficient (Wildman–Crippen LogP) is 2.23. The van der Waals surface area contributed by atoms with E-state index >= 15 is 0 Å². The van der Waals surface area contributed by atoms with Crippen LogP contribution in [-0.4, -0.2) is 75.5 Å². The number of likely N-dealkylation sites (tertiary alicyclic amines) is 1. The molecular formula is C20H37IN4O2. The number of methoxy groups -OCH3 is 1. The molecule has 3 unspecified atom stereocenters. The summed E-state index contributed by atoms with van der Waals surface area (Å²) in [7, 11) is 1.78. The first-order valence-corrected chi connectivity index (χ1v) is 10.7. The summed E-state index contributed by atoms with van der Waals surface area (Å²) in [6.45, 7) is 8.06. The minimum Gasteiger partial charge on any atom is -0.383 e. The molecule has 2 aliphatic carbocycles. The van der Waals surface area contributed by atoms with Gasteiger partial charge in [-0.05, 0) is 39.0 Å². The van der Waals surface area contributed by atoms with Crippen LogP contribution in [0.15, 0.2) is 4.99 Å². The zero-order valence-corrected chi connectivity index (χ0v) is 19.2. The van der Waals surface area contributed by atoms with E-state index in [9.17, 15) is 0 Å². The van der Waals surface area contributed by atoms with E-state index in [1.54, 1.807) is 7.11 Å². The molecule has 4 rings (SSSR count). The Morgan fingerprint density at radius 2 is 2.00 bits per heavy atom. The Morgan fingerprint density at radius 3 is 2.63 bits per heavy atom. The van der Waals surface area contributed by atoms with Crippen LogP contribution in [-0.2, 0) is 9.47 Å². The molecule has 27 heavy (non-hydrogen) atoms. The molecule has 4 aliphatic rings. The van der Waals surface area contributed by atoms with Crippen molar-refractivity contribution in [2.75, 3.05) is 46.5 Å². The first-order chi connectivity index (χ1) is 12.8. The second-order valence-corrected chi connectivity index (χ2v) is 8.53. The zero-order chi connectivity index (χ0) is 18.0. The lowest BCUT2D eigenvalue weighted by Crippen LogP contribution is -2.72. The van der Waals surface area contributed by atoms with Gasteiger partial charge in [0.15, 0.2) is 5.96 Å². The van der Waals surface area contributed by atoms with Gasteiger partial charge < -0.3 is 25.0 Å². The molecule has 0 aromatic carbocycles. The Labute approximate surface area is 181 Å². The minimum absolute atomic E-state index is 0. The monoisotopic (exact) mass is 492 g/mol. The summed E-state index contributed by atoms with van der Waals surface area (Å²) in [6.07, 6.45) is 8.09. The molecule has 4 fully saturated rings. The Hall–Kier alpha value is -0.120. The van der Waals surface area contributed by atoms with Crippen LogP contribution in [0.5, 0.6) is 0 Å². The molecule has 0 aromatic rings. The van der Waals surface area contributed by atoms with Crippen molar-refractivity contribution in [2.45, 2.75) is 63.6 Å². The van der Waals surface area contributed by atoms with Gasteiger partial charge >= 0.3 is 0 Å². The molecule has 0 radical (unpaired) electrons. The molecular weight excluding hydrogens is 455 g/mol. The molecule has 6 nitrogen and oxygen atoms in total. The van der Waals surface area contributed by atoms with Gasteiger partial charge in [0.25, 0.3) is 0 Å². The number of fused-ring (bicyclic) bond motifs is 2. The van der Waals surface area contributed by atoms with E-state index in [0.29, 0.717) is 29.5 Å². The number of ether oxygens (including phenoxy) is 2. The van der Waals surface area contributed by atoms with Crippen molar-refractivity contribution in [3.05, 3.63) is 0 Å². The fourth-order valence-electron chi connectivity index (χ4n) is 5.61. The first-order valence-electron chi connectivity index (χ1n) is 10.7. The molecule has 156 valence electrons. The average Bonchev–Trinajstić information content (AvgIpc) is 3.03. The van der Waals surface area contributed by atoms with E-state index in [0.717, 1.165) is 45.4 Å². The maximum Gasteiger partial charge on any atom is 0.191 e. The summed E-state index contributed by atoms with van der Waals surface area (Å²) >= 11 is 0. The molecule has 0 amide bonds. The fourth-order valence-corrected chi connectivity index (χ4v) is 5.61. The van der Waals surface area contributed by atoms with Crippen molar-refractivity contribution in [1.82, 2.24) is 15.5 Å². The molecule has 2 saturated heterocycles. The third-order valence-corrected chi connectivity index (χ3v) is 7.18. The quantitative estimate of drug-likeness (QED) is 0.339.